The number of rotatable bonds is 8. The molecule has 5 aliphatic rings. The van der Waals surface area contributed by atoms with E-state index in [9.17, 15) is 0 Å². The maximum atomic E-state index is 6.71. The maximum Gasteiger partial charge on any atom is 0.135 e. The van der Waals surface area contributed by atoms with Crippen molar-refractivity contribution in [1.82, 2.24) is 14.1 Å². The molecule has 0 unspecified atom stereocenters. The average Bonchev–Trinajstić information content (AvgIpc) is 4.07. The van der Waals surface area contributed by atoms with Crippen LogP contribution in [0.5, 0.6) is 11.5 Å². The Morgan fingerprint density at radius 2 is 1.07 bits per heavy atom. The first kappa shape index (κ1) is 42.5. The minimum atomic E-state index is -0.118. The summed E-state index contributed by atoms with van der Waals surface area (Å²) >= 11 is 0. The van der Waals surface area contributed by atoms with Crippen LogP contribution in [-0.4, -0.2) is 14.1 Å². The fourth-order valence-corrected chi connectivity index (χ4v) is 13.9. The number of fused-ring (bicyclic) bond motifs is 7. The fourth-order valence-electron chi connectivity index (χ4n) is 13.9. The van der Waals surface area contributed by atoms with Crippen molar-refractivity contribution < 1.29 is 25.8 Å². The predicted molar refractivity (Wildman–Crippen MR) is 283 cm³/mol. The van der Waals surface area contributed by atoms with Crippen LogP contribution in [0.2, 0.25) is 0 Å². The molecule has 348 valence electrons. The van der Waals surface area contributed by atoms with Crippen molar-refractivity contribution in [3.05, 3.63) is 230 Å². The molecule has 0 atom stereocenters. The third-order valence-corrected chi connectivity index (χ3v) is 16.5. The number of anilines is 4. The van der Waals surface area contributed by atoms with E-state index in [1.54, 1.807) is 0 Å². The van der Waals surface area contributed by atoms with Crippen LogP contribution >= 0.6 is 0 Å². The number of pyridine rings is 1. The first-order valence-corrected chi connectivity index (χ1v) is 24.9. The second kappa shape index (κ2) is 16.6. The van der Waals surface area contributed by atoms with Crippen LogP contribution in [-0.2, 0) is 26.5 Å². The van der Waals surface area contributed by atoms with E-state index in [-0.39, 0.29) is 26.5 Å². The number of hydrogen-bond donors (Lipinski definition) is 0. The Balaban J connectivity index is 0.00000470. The molecule has 4 bridgehead atoms. The smallest absolute Gasteiger partial charge is 0.135 e. The zero-order valence-corrected chi connectivity index (χ0v) is 41.2. The van der Waals surface area contributed by atoms with Gasteiger partial charge in [0.2, 0.25) is 0 Å². The van der Waals surface area contributed by atoms with E-state index in [1.165, 1.54) is 70.7 Å². The molecule has 4 fully saturated rings. The van der Waals surface area contributed by atoms with Crippen LogP contribution in [0.15, 0.2) is 200 Å². The van der Waals surface area contributed by atoms with E-state index in [4.69, 9.17) is 9.72 Å². The van der Waals surface area contributed by atoms with Crippen molar-refractivity contribution in [1.29, 1.82) is 0 Å². The summed E-state index contributed by atoms with van der Waals surface area (Å²) in [6.07, 6.45) is 8.62. The van der Waals surface area contributed by atoms with Gasteiger partial charge in [0.25, 0.3) is 0 Å². The summed E-state index contributed by atoms with van der Waals surface area (Å²) in [6.45, 7) is 2.13. The Bertz CT molecular complexity index is 3760. The number of nitrogens with zero attached hydrogens (tertiary/aromatic N) is 5. The number of ether oxygens (including phenoxy) is 1. The summed E-state index contributed by atoms with van der Waals surface area (Å²) in [5.41, 5.74) is 12.6. The van der Waals surface area contributed by atoms with E-state index in [0.717, 1.165) is 62.2 Å². The van der Waals surface area contributed by atoms with E-state index in [0.29, 0.717) is 23.3 Å². The van der Waals surface area contributed by atoms with Crippen LogP contribution < -0.4 is 14.5 Å². The van der Waals surface area contributed by atoms with Gasteiger partial charge in [-0.25, -0.2) is 4.98 Å². The van der Waals surface area contributed by atoms with Gasteiger partial charge in [0.15, 0.2) is 0 Å². The molecular formula is C64H48N5OPt-3. The van der Waals surface area contributed by atoms with E-state index in [2.05, 4.69) is 214 Å². The SMILES string of the molecule is [Pt].[c-]1c(Oc2[c-]c3c(cc2)c2ccccc2n3-c2cc(C3(c4ccc(-n5c6ccccc6c6ccccc65)cc4)C4CC5CC(C4)CC3C5)ccn2)cccc1N1[CH-]N(c2ccccc2)c2ccccc21. The van der Waals surface area contributed by atoms with Gasteiger partial charge in [-0.15, -0.1) is 48.1 Å². The molecule has 4 heterocycles. The maximum absolute atomic E-state index is 6.71. The summed E-state index contributed by atoms with van der Waals surface area (Å²) < 4.78 is 11.5. The van der Waals surface area contributed by atoms with Crippen molar-refractivity contribution in [3.63, 3.8) is 0 Å². The van der Waals surface area contributed by atoms with Crippen molar-refractivity contribution in [2.45, 2.75) is 37.5 Å². The van der Waals surface area contributed by atoms with Crippen LogP contribution in [0.1, 0.15) is 43.2 Å². The summed E-state index contributed by atoms with van der Waals surface area (Å²) in [5, 5.41) is 4.85. The van der Waals surface area contributed by atoms with E-state index in [1.807, 2.05) is 24.3 Å². The molecule has 7 heteroatoms. The molecule has 0 amide bonds. The van der Waals surface area contributed by atoms with Gasteiger partial charge in [0.05, 0.1) is 11.0 Å². The Hall–Kier alpha value is -7.40. The van der Waals surface area contributed by atoms with Gasteiger partial charge >= 0.3 is 0 Å². The van der Waals surface area contributed by atoms with Crippen LogP contribution in [0, 0.1) is 42.5 Å². The van der Waals surface area contributed by atoms with Crippen LogP contribution in [0.25, 0.3) is 55.1 Å². The summed E-state index contributed by atoms with van der Waals surface area (Å²) in [6, 6.07) is 77.4. The standard InChI is InChI=1S/C64H48N5O.Pt/c1-2-13-48(14-3-1)66-41-67(61-24-11-10-23-60(61)66)50-15-12-16-51(39-50)70-52-29-30-56-55-19-6-9-22-59(55)69(62(56)40-52)63-38-45(31-32-65-63)64(46-34-42-33-43(36-46)37-47(64)35-42)44-25-27-49(28-26-44)68-57-20-7-4-17-53(57)54-18-5-8-21-58(54)68;/h1-32,38,41-43,46-47H,33-37H2;/q-3;. The second-order valence-electron chi connectivity index (χ2n) is 20.1. The number of aromatic nitrogens is 3. The van der Waals surface area contributed by atoms with Gasteiger partial charge < -0.3 is 23.7 Å². The van der Waals surface area contributed by atoms with Crippen molar-refractivity contribution >= 4 is 66.4 Å². The molecule has 16 rings (SSSR count). The predicted octanol–water partition coefficient (Wildman–Crippen LogP) is 15.8. The molecular weight excluding hydrogens is 1050 g/mol. The third kappa shape index (κ3) is 6.53. The average molecular weight is 1100 g/mol. The Kier molecular flexibility index (Phi) is 9.93. The molecule has 1 aliphatic heterocycles. The van der Waals surface area contributed by atoms with Gasteiger partial charge in [0, 0.05) is 83.2 Å². The minimum Gasteiger partial charge on any atom is -0.509 e. The second-order valence-corrected chi connectivity index (χ2v) is 20.1. The molecule has 11 aromatic rings. The van der Waals surface area contributed by atoms with Crippen molar-refractivity contribution in [2.24, 2.45) is 23.7 Å². The van der Waals surface area contributed by atoms with Gasteiger partial charge in [-0.2, -0.15) is 12.1 Å². The first-order valence-electron chi connectivity index (χ1n) is 24.9. The molecule has 6 nitrogen and oxygen atoms in total. The topological polar surface area (TPSA) is 38.5 Å². The van der Waals surface area contributed by atoms with Crippen LogP contribution in [0.3, 0.4) is 0 Å². The molecule has 4 aliphatic carbocycles. The fraction of sp³-hybridized carbons (Fsp3) is 0.156. The molecule has 4 saturated carbocycles. The first-order chi connectivity index (χ1) is 34.7. The summed E-state index contributed by atoms with van der Waals surface area (Å²) in [5.74, 6) is 4.94. The van der Waals surface area contributed by atoms with Gasteiger partial charge in [-0.05, 0) is 139 Å². The largest absolute Gasteiger partial charge is 0.509 e. The Morgan fingerprint density at radius 1 is 0.479 bits per heavy atom. The van der Waals surface area contributed by atoms with Crippen LogP contribution in [0.4, 0.5) is 22.7 Å². The van der Waals surface area contributed by atoms with Gasteiger partial charge in [-0.3, -0.25) is 0 Å². The van der Waals surface area contributed by atoms with Gasteiger partial charge in [-0.1, -0.05) is 103 Å². The van der Waals surface area contributed by atoms with Gasteiger partial charge in [0.1, 0.15) is 5.82 Å². The van der Waals surface area contributed by atoms with E-state index < -0.39 is 0 Å². The number of benzene rings is 8. The molecule has 8 aromatic carbocycles. The molecule has 3 aromatic heterocycles. The molecule has 0 radical (unpaired) electrons. The Labute approximate surface area is 428 Å². The zero-order valence-electron chi connectivity index (χ0n) is 38.9. The zero-order chi connectivity index (χ0) is 45.9. The van der Waals surface area contributed by atoms with Crippen molar-refractivity contribution in [2.75, 3.05) is 9.80 Å². The Morgan fingerprint density at radius 3 is 1.76 bits per heavy atom. The number of hydrogen-bond acceptors (Lipinski definition) is 4. The molecule has 0 saturated heterocycles. The molecule has 0 spiro atoms. The monoisotopic (exact) mass is 1100 g/mol. The normalized spacial score (nSPS) is 21.1. The summed E-state index contributed by atoms with van der Waals surface area (Å²) in [7, 11) is 0. The third-order valence-electron chi connectivity index (χ3n) is 16.5. The van der Waals surface area contributed by atoms with Crippen molar-refractivity contribution in [3.8, 4) is 23.0 Å². The minimum absolute atomic E-state index is 0. The quantitative estimate of drug-likeness (QED) is 0.142. The summed E-state index contributed by atoms with van der Waals surface area (Å²) in [4.78, 5) is 9.61. The molecule has 71 heavy (non-hydrogen) atoms. The molecule has 0 N–H and O–H groups in total. The number of para-hydroxylation sites is 6. The van der Waals surface area contributed by atoms with E-state index >= 15 is 0 Å².